The molecule has 0 N–H and O–H groups in total. The van der Waals surface area contributed by atoms with Crippen LogP contribution in [-0.2, 0) is 0 Å². The molecule has 2 nitrogen and oxygen atoms in total. The smallest absolute Gasteiger partial charge is 0.136 e. The van der Waals surface area contributed by atoms with Crippen molar-refractivity contribution in [1.82, 2.24) is 0 Å². The van der Waals surface area contributed by atoms with Gasteiger partial charge in [-0.25, -0.2) is 0 Å². The van der Waals surface area contributed by atoms with Gasteiger partial charge in [0, 0.05) is 32.6 Å². The molecule has 0 bridgehead atoms. The summed E-state index contributed by atoms with van der Waals surface area (Å²) in [5.41, 5.74) is 5.29. The summed E-state index contributed by atoms with van der Waals surface area (Å²) in [6, 6.07) is 54.3. The maximum Gasteiger partial charge on any atom is 0.136 e. The summed E-state index contributed by atoms with van der Waals surface area (Å²) in [4.78, 5) is 2.43. The highest BCUT2D eigenvalue weighted by Gasteiger charge is 2.21. The van der Waals surface area contributed by atoms with Crippen LogP contribution in [0.25, 0.3) is 65.0 Å². The van der Waals surface area contributed by atoms with Crippen LogP contribution in [0.15, 0.2) is 156 Å². The number of para-hydroxylation sites is 2. The first-order chi connectivity index (χ1) is 20.9. The first kappa shape index (κ1) is 23.1. The predicted molar refractivity (Wildman–Crippen MR) is 178 cm³/mol. The van der Waals surface area contributed by atoms with Crippen molar-refractivity contribution in [2.45, 2.75) is 0 Å². The molecule has 0 unspecified atom stereocenters. The summed E-state index contributed by atoms with van der Waals surface area (Å²) in [7, 11) is 0. The lowest BCUT2D eigenvalue weighted by Crippen LogP contribution is -2.11. The Morgan fingerprint density at radius 3 is 1.74 bits per heavy atom. The lowest BCUT2D eigenvalue weighted by atomic mass is 9.90. The molecule has 0 aliphatic carbocycles. The molecular formula is C40H25NO. The quantitative estimate of drug-likeness (QED) is 0.209. The minimum absolute atomic E-state index is 0.920. The maximum atomic E-state index is 6.33. The van der Waals surface area contributed by atoms with Gasteiger partial charge in [-0.3, -0.25) is 0 Å². The number of hydrogen-bond acceptors (Lipinski definition) is 2. The minimum Gasteiger partial charge on any atom is -0.456 e. The number of anilines is 3. The van der Waals surface area contributed by atoms with E-state index in [0.717, 1.165) is 33.6 Å². The average molecular weight is 536 g/mol. The van der Waals surface area contributed by atoms with Gasteiger partial charge in [-0.2, -0.15) is 0 Å². The number of furan rings is 1. The number of fused-ring (bicyclic) bond motifs is 11. The van der Waals surface area contributed by atoms with E-state index < -0.39 is 0 Å². The Morgan fingerprint density at radius 1 is 0.333 bits per heavy atom. The van der Waals surface area contributed by atoms with Gasteiger partial charge in [-0.15, -0.1) is 0 Å². The van der Waals surface area contributed by atoms with Gasteiger partial charge in [-0.05, 0) is 69.4 Å². The van der Waals surface area contributed by atoms with E-state index in [4.69, 9.17) is 4.42 Å². The lowest BCUT2D eigenvalue weighted by molar-refractivity contribution is 0.669. The molecule has 9 rings (SSSR count). The normalized spacial score (nSPS) is 11.8. The van der Waals surface area contributed by atoms with Crippen LogP contribution in [0.2, 0.25) is 0 Å². The van der Waals surface area contributed by atoms with Gasteiger partial charge in [0.1, 0.15) is 11.2 Å². The Hall–Kier alpha value is -5.60. The molecule has 1 aromatic heterocycles. The Kier molecular flexibility index (Phi) is 4.93. The molecule has 9 aromatic rings. The van der Waals surface area contributed by atoms with Crippen LogP contribution < -0.4 is 4.90 Å². The molecule has 0 fully saturated rings. The SMILES string of the molecule is c1ccc(N(c2cccc3ccccc23)c2cccc3c4ccc5oc6ccccc6c5c4c4ccccc4c23)cc1. The zero-order valence-electron chi connectivity index (χ0n) is 22.8. The zero-order chi connectivity index (χ0) is 27.6. The Bertz CT molecular complexity index is 2440. The van der Waals surface area contributed by atoms with Crippen molar-refractivity contribution in [1.29, 1.82) is 0 Å². The molecular weight excluding hydrogens is 510 g/mol. The monoisotopic (exact) mass is 535 g/mol. The molecule has 42 heavy (non-hydrogen) atoms. The van der Waals surface area contributed by atoms with Crippen LogP contribution >= 0.6 is 0 Å². The van der Waals surface area contributed by atoms with Gasteiger partial charge < -0.3 is 9.32 Å². The van der Waals surface area contributed by atoms with E-state index in [0.29, 0.717) is 0 Å². The van der Waals surface area contributed by atoms with Crippen molar-refractivity contribution >= 4 is 82.1 Å². The number of rotatable bonds is 3. The lowest BCUT2D eigenvalue weighted by Gasteiger charge is -2.29. The summed E-state index contributed by atoms with van der Waals surface area (Å²) in [6.45, 7) is 0. The molecule has 0 amide bonds. The second-order valence-corrected chi connectivity index (χ2v) is 10.9. The zero-order valence-corrected chi connectivity index (χ0v) is 22.8. The van der Waals surface area contributed by atoms with Crippen LogP contribution in [0.1, 0.15) is 0 Å². The van der Waals surface area contributed by atoms with Crippen molar-refractivity contribution in [2.24, 2.45) is 0 Å². The van der Waals surface area contributed by atoms with Gasteiger partial charge in [-0.1, -0.05) is 109 Å². The van der Waals surface area contributed by atoms with Gasteiger partial charge >= 0.3 is 0 Å². The van der Waals surface area contributed by atoms with Crippen LogP contribution in [0.3, 0.4) is 0 Å². The number of benzene rings is 8. The maximum absolute atomic E-state index is 6.33. The van der Waals surface area contributed by atoms with E-state index in [-0.39, 0.29) is 0 Å². The Morgan fingerprint density at radius 2 is 0.905 bits per heavy atom. The Balaban J connectivity index is 1.47. The van der Waals surface area contributed by atoms with E-state index in [9.17, 15) is 0 Å². The van der Waals surface area contributed by atoms with Crippen LogP contribution in [0.5, 0.6) is 0 Å². The van der Waals surface area contributed by atoms with E-state index in [1.165, 1.54) is 48.5 Å². The fourth-order valence-electron chi connectivity index (χ4n) is 6.86. The van der Waals surface area contributed by atoms with Crippen molar-refractivity contribution in [3.63, 3.8) is 0 Å². The first-order valence-corrected chi connectivity index (χ1v) is 14.4. The minimum atomic E-state index is 0.920. The number of nitrogens with zero attached hydrogens (tertiary/aromatic N) is 1. The second-order valence-electron chi connectivity index (χ2n) is 10.9. The fraction of sp³-hybridized carbons (Fsp3) is 0. The van der Waals surface area contributed by atoms with Gasteiger partial charge in [0.05, 0.1) is 11.4 Å². The molecule has 2 heteroatoms. The van der Waals surface area contributed by atoms with E-state index in [2.05, 4.69) is 150 Å². The van der Waals surface area contributed by atoms with Crippen molar-refractivity contribution in [3.05, 3.63) is 152 Å². The summed E-state index contributed by atoms with van der Waals surface area (Å²) in [6.07, 6.45) is 0. The summed E-state index contributed by atoms with van der Waals surface area (Å²) in [5.74, 6) is 0. The van der Waals surface area contributed by atoms with E-state index in [1.807, 2.05) is 6.07 Å². The molecule has 0 spiro atoms. The standard InChI is InChI=1S/C40H25NO/c1-2-14-27(15-3-1)41(34-21-10-13-26-12-4-5-16-28(26)34)35-22-11-20-30-32-24-25-37-40(33-19-8-9-23-36(33)42-37)39(32)31-18-7-6-17-29(31)38(30)35/h1-25H. The summed E-state index contributed by atoms with van der Waals surface area (Å²) < 4.78 is 6.33. The molecule has 0 aliphatic heterocycles. The van der Waals surface area contributed by atoms with E-state index >= 15 is 0 Å². The molecule has 0 radical (unpaired) electrons. The highest BCUT2D eigenvalue weighted by atomic mass is 16.3. The van der Waals surface area contributed by atoms with Gasteiger partial charge in [0.2, 0.25) is 0 Å². The Labute approximate surface area is 242 Å². The number of hydrogen-bond donors (Lipinski definition) is 0. The fourth-order valence-corrected chi connectivity index (χ4v) is 6.86. The molecule has 0 saturated heterocycles. The van der Waals surface area contributed by atoms with Crippen LogP contribution in [-0.4, -0.2) is 0 Å². The third-order valence-electron chi connectivity index (χ3n) is 8.60. The topological polar surface area (TPSA) is 16.4 Å². The van der Waals surface area contributed by atoms with Crippen LogP contribution in [0, 0.1) is 0 Å². The first-order valence-electron chi connectivity index (χ1n) is 14.4. The van der Waals surface area contributed by atoms with Gasteiger partial charge in [0.25, 0.3) is 0 Å². The largest absolute Gasteiger partial charge is 0.456 e. The summed E-state index contributed by atoms with van der Waals surface area (Å²) in [5, 5.41) is 12.2. The van der Waals surface area contributed by atoms with Crippen molar-refractivity contribution in [2.75, 3.05) is 4.90 Å². The molecule has 8 aromatic carbocycles. The molecule has 0 aliphatic rings. The highest BCUT2D eigenvalue weighted by molar-refractivity contribution is 6.36. The molecule has 0 atom stereocenters. The van der Waals surface area contributed by atoms with Crippen LogP contribution in [0.4, 0.5) is 17.1 Å². The average Bonchev–Trinajstić information content (AvgIpc) is 3.44. The van der Waals surface area contributed by atoms with Gasteiger partial charge in [0.15, 0.2) is 0 Å². The molecule has 1 heterocycles. The van der Waals surface area contributed by atoms with E-state index in [1.54, 1.807) is 0 Å². The third-order valence-corrected chi connectivity index (χ3v) is 8.60. The predicted octanol–water partition coefficient (Wildman–Crippen LogP) is 11.7. The summed E-state index contributed by atoms with van der Waals surface area (Å²) >= 11 is 0. The molecule has 0 saturated carbocycles. The molecule has 196 valence electrons. The third kappa shape index (κ3) is 3.27. The van der Waals surface area contributed by atoms with Crippen molar-refractivity contribution < 1.29 is 4.42 Å². The van der Waals surface area contributed by atoms with Crippen molar-refractivity contribution in [3.8, 4) is 0 Å². The highest BCUT2D eigenvalue weighted by Crippen LogP contribution is 2.48. The second kappa shape index (κ2) is 8.95.